The smallest absolute Gasteiger partial charge is 0.319 e. The van der Waals surface area contributed by atoms with Gasteiger partial charge in [-0.25, -0.2) is 4.79 Å². The number of anilines is 1. The number of halogens is 1. The van der Waals surface area contributed by atoms with E-state index in [1.54, 1.807) is 29.2 Å². The first-order valence-electron chi connectivity index (χ1n) is 10.4. The van der Waals surface area contributed by atoms with Crippen LogP contribution >= 0.6 is 11.6 Å². The van der Waals surface area contributed by atoms with E-state index in [9.17, 15) is 19.2 Å². The SMILES string of the molecule is O=C1CCC[C@H](C(=O)N2Cc3ccc(CNC(=O)Nc4cccc(Cl)c4)cc3C2)C(=O)N1. The van der Waals surface area contributed by atoms with Gasteiger partial charge >= 0.3 is 6.03 Å². The maximum atomic E-state index is 12.9. The van der Waals surface area contributed by atoms with E-state index in [1.165, 1.54) is 0 Å². The summed E-state index contributed by atoms with van der Waals surface area (Å²) in [7, 11) is 0. The minimum Gasteiger partial charge on any atom is -0.334 e. The minimum atomic E-state index is -0.827. The quantitative estimate of drug-likeness (QED) is 0.487. The number of urea groups is 1. The first-order chi connectivity index (χ1) is 15.4. The highest BCUT2D eigenvalue weighted by Gasteiger charge is 2.35. The van der Waals surface area contributed by atoms with Crippen LogP contribution in [0.2, 0.25) is 5.02 Å². The van der Waals surface area contributed by atoms with Gasteiger partial charge in [-0.3, -0.25) is 19.7 Å². The first-order valence-corrected chi connectivity index (χ1v) is 10.8. The Morgan fingerprint density at radius 2 is 1.91 bits per heavy atom. The molecular weight excluding hydrogens is 432 g/mol. The Morgan fingerprint density at radius 3 is 2.72 bits per heavy atom. The first kappa shape index (κ1) is 21.8. The van der Waals surface area contributed by atoms with Gasteiger partial charge in [0.2, 0.25) is 17.7 Å². The van der Waals surface area contributed by atoms with Gasteiger partial charge in [-0.1, -0.05) is 35.9 Å². The molecule has 5 amide bonds. The van der Waals surface area contributed by atoms with Crippen LogP contribution in [0.25, 0.3) is 0 Å². The van der Waals surface area contributed by atoms with Crippen LogP contribution in [0, 0.1) is 5.92 Å². The van der Waals surface area contributed by atoms with Crippen molar-refractivity contribution in [1.29, 1.82) is 0 Å². The molecule has 0 aliphatic carbocycles. The number of hydrogen-bond acceptors (Lipinski definition) is 4. The molecule has 0 saturated carbocycles. The molecule has 2 aromatic rings. The number of hydrogen-bond donors (Lipinski definition) is 3. The molecule has 8 nitrogen and oxygen atoms in total. The summed E-state index contributed by atoms with van der Waals surface area (Å²) in [5.41, 5.74) is 3.49. The van der Waals surface area contributed by atoms with E-state index < -0.39 is 11.8 Å². The Labute approximate surface area is 190 Å². The summed E-state index contributed by atoms with van der Waals surface area (Å²) in [5.74, 6) is -1.92. The lowest BCUT2D eigenvalue weighted by molar-refractivity contribution is -0.143. The van der Waals surface area contributed by atoms with Crippen molar-refractivity contribution in [3.05, 3.63) is 64.2 Å². The molecule has 0 bridgehead atoms. The molecule has 2 aliphatic heterocycles. The standard InChI is InChI=1S/C23H23ClN4O4/c24-17-3-1-4-18(10-17)26-23(32)25-11-14-7-8-15-12-28(13-16(15)9-14)22(31)19-5-2-6-20(29)27-21(19)30/h1,3-4,7-10,19H,2,5-6,11-13H2,(H2,25,26,32)(H,27,29,30)/t19-/m0/s1. The van der Waals surface area contributed by atoms with Crippen molar-refractivity contribution < 1.29 is 19.2 Å². The van der Waals surface area contributed by atoms with E-state index in [2.05, 4.69) is 16.0 Å². The molecule has 2 heterocycles. The van der Waals surface area contributed by atoms with E-state index in [0.717, 1.165) is 16.7 Å². The maximum absolute atomic E-state index is 12.9. The number of rotatable bonds is 4. The Kier molecular flexibility index (Phi) is 6.41. The third-order valence-electron chi connectivity index (χ3n) is 5.61. The average molecular weight is 455 g/mol. The predicted molar refractivity (Wildman–Crippen MR) is 118 cm³/mol. The van der Waals surface area contributed by atoms with Crippen LogP contribution in [0.3, 0.4) is 0 Å². The van der Waals surface area contributed by atoms with Crippen LogP contribution < -0.4 is 16.0 Å². The zero-order valence-electron chi connectivity index (χ0n) is 17.3. The third-order valence-corrected chi connectivity index (χ3v) is 5.85. The lowest BCUT2D eigenvalue weighted by Crippen LogP contribution is -2.42. The number of imide groups is 1. The third kappa shape index (κ3) is 5.08. The molecule has 3 N–H and O–H groups in total. The van der Waals surface area contributed by atoms with Crippen molar-refractivity contribution in [2.75, 3.05) is 5.32 Å². The summed E-state index contributed by atoms with van der Waals surface area (Å²) >= 11 is 5.92. The molecule has 32 heavy (non-hydrogen) atoms. The van der Waals surface area contributed by atoms with E-state index in [0.29, 0.717) is 43.2 Å². The summed E-state index contributed by atoms with van der Waals surface area (Å²) in [6.07, 6.45) is 1.15. The Balaban J connectivity index is 1.34. The van der Waals surface area contributed by atoms with Crippen molar-refractivity contribution in [1.82, 2.24) is 15.5 Å². The highest BCUT2D eigenvalue weighted by atomic mass is 35.5. The molecule has 0 radical (unpaired) electrons. The zero-order chi connectivity index (χ0) is 22.7. The summed E-state index contributed by atoms with van der Waals surface area (Å²) in [5, 5.41) is 8.36. The van der Waals surface area contributed by atoms with Crippen LogP contribution in [0.1, 0.15) is 36.0 Å². The highest BCUT2D eigenvalue weighted by Crippen LogP contribution is 2.27. The average Bonchev–Trinajstić information content (AvgIpc) is 3.10. The second kappa shape index (κ2) is 9.40. The van der Waals surface area contributed by atoms with Gasteiger partial charge in [0.15, 0.2) is 0 Å². The second-order valence-electron chi connectivity index (χ2n) is 7.97. The number of carbonyl (C=O) groups excluding carboxylic acids is 4. The fourth-order valence-corrected chi connectivity index (χ4v) is 4.17. The topological polar surface area (TPSA) is 108 Å². The van der Waals surface area contributed by atoms with E-state index in [-0.39, 0.29) is 24.3 Å². The summed E-state index contributed by atoms with van der Waals surface area (Å²) < 4.78 is 0. The fourth-order valence-electron chi connectivity index (χ4n) is 3.98. The maximum Gasteiger partial charge on any atom is 0.319 e. The molecule has 4 rings (SSSR count). The summed E-state index contributed by atoms with van der Waals surface area (Å²) in [6, 6.07) is 12.3. The van der Waals surface area contributed by atoms with Crippen LogP contribution in [-0.2, 0) is 34.0 Å². The number of nitrogens with one attached hydrogen (secondary N) is 3. The van der Waals surface area contributed by atoms with Crippen molar-refractivity contribution in [2.45, 2.75) is 38.9 Å². The normalized spacial score (nSPS) is 17.9. The van der Waals surface area contributed by atoms with Gasteiger partial charge in [-0.2, -0.15) is 0 Å². The van der Waals surface area contributed by atoms with Crippen molar-refractivity contribution in [2.24, 2.45) is 5.92 Å². The molecule has 0 unspecified atom stereocenters. The Hall–Kier alpha value is -3.39. The van der Waals surface area contributed by atoms with Gasteiger partial charge < -0.3 is 15.5 Å². The predicted octanol–water partition coefficient (Wildman–Crippen LogP) is 2.95. The number of fused-ring (bicyclic) bond motifs is 1. The van der Waals surface area contributed by atoms with Gasteiger partial charge in [-0.05, 0) is 47.7 Å². The number of nitrogens with zero attached hydrogens (tertiary/aromatic N) is 1. The van der Waals surface area contributed by atoms with Gasteiger partial charge in [0, 0.05) is 36.8 Å². The van der Waals surface area contributed by atoms with Gasteiger partial charge in [0.1, 0.15) is 5.92 Å². The lowest BCUT2D eigenvalue weighted by Gasteiger charge is -2.20. The van der Waals surface area contributed by atoms with Gasteiger partial charge in [0.25, 0.3) is 0 Å². The highest BCUT2D eigenvalue weighted by molar-refractivity contribution is 6.30. The Bertz CT molecular complexity index is 1090. The summed E-state index contributed by atoms with van der Waals surface area (Å²) in [6.45, 7) is 1.14. The number of carbonyl (C=O) groups is 4. The van der Waals surface area contributed by atoms with E-state index >= 15 is 0 Å². The minimum absolute atomic E-state index is 0.256. The van der Waals surface area contributed by atoms with Gasteiger partial charge in [-0.15, -0.1) is 0 Å². The van der Waals surface area contributed by atoms with Crippen molar-refractivity contribution in [3.8, 4) is 0 Å². The molecule has 0 spiro atoms. The Morgan fingerprint density at radius 1 is 1.09 bits per heavy atom. The fraction of sp³-hybridized carbons (Fsp3) is 0.304. The molecular formula is C23H23ClN4O4. The molecule has 2 aliphatic rings. The molecule has 2 aromatic carbocycles. The largest absolute Gasteiger partial charge is 0.334 e. The molecule has 9 heteroatoms. The lowest BCUT2D eigenvalue weighted by atomic mass is 10.0. The molecule has 1 fully saturated rings. The summed E-state index contributed by atoms with van der Waals surface area (Å²) in [4.78, 5) is 50.5. The molecule has 1 saturated heterocycles. The van der Waals surface area contributed by atoms with E-state index in [4.69, 9.17) is 11.6 Å². The number of benzene rings is 2. The van der Waals surface area contributed by atoms with Crippen LogP contribution in [0.5, 0.6) is 0 Å². The second-order valence-corrected chi connectivity index (χ2v) is 8.41. The van der Waals surface area contributed by atoms with E-state index in [1.807, 2.05) is 18.2 Å². The van der Waals surface area contributed by atoms with Gasteiger partial charge in [0.05, 0.1) is 0 Å². The van der Waals surface area contributed by atoms with Crippen molar-refractivity contribution in [3.63, 3.8) is 0 Å². The monoisotopic (exact) mass is 454 g/mol. The number of amides is 5. The molecule has 166 valence electrons. The molecule has 1 atom stereocenters. The van der Waals surface area contributed by atoms with Crippen molar-refractivity contribution >= 4 is 41.0 Å². The van der Waals surface area contributed by atoms with Crippen LogP contribution in [0.4, 0.5) is 10.5 Å². The zero-order valence-corrected chi connectivity index (χ0v) is 18.1. The van der Waals surface area contributed by atoms with Crippen LogP contribution in [0.15, 0.2) is 42.5 Å². The van der Waals surface area contributed by atoms with Crippen LogP contribution in [-0.4, -0.2) is 28.7 Å². The molecule has 0 aromatic heterocycles.